The fraction of sp³-hybridized carbons (Fsp3) is 0.441. The van der Waals surface area contributed by atoms with E-state index < -0.39 is 11.4 Å². The van der Waals surface area contributed by atoms with Crippen LogP contribution >= 0.6 is 0 Å². The van der Waals surface area contributed by atoms with Crippen molar-refractivity contribution in [2.45, 2.75) is 56.2 Å². The van der Waals surface area contributed by atoms with Crippen LogP contribution in [-0.2, 0) is 0 Å². The first kappa shape index (κ1) is 27.5. The van der Waals surface area contributed by atoms with Crippen LogP contribution in [-0.4, -0.2) is 93.5 Å². The molecular weight excluding hydrogens is 559 g/mol. The van der Waals surface area contributed by atoms with Gasteiger partial charge in [0.2, 0.25) is 0 Å². The first-order chi connectivity index (χ1) is 21.4. The highest BCUT2D eigenvalue weighted by Crippen LogP contribution is 2.39. The SMILES string of the molecule is COc1cc2cc(F)c1-c1cc3c(n[nH]c3cn1)-c1cccc(c1)N1CC3CCC(C1)N3CCCCCC1(O)CN(C1)C2=O. The Hall–Kier alpha value is -4.02. The Morgan fingerprint density at radius 2 is 1.84 bits per heavy atom. The van der Waals surface area contributed by atoms with Crippen molar-refractivity contribution in [2.75, 3.05) is 44.7 Å². The average Bonchev–Trinajstić information content (AvgIpc) is 3.54. The number of carbonyl (C=O) groups excluding carboxylic acids is 1. The number of methoxy groups -OCH3 is 1. The minimum Gasteiger partial charge on any atom is -0.496 e. The van der Waals surface area contributed by atoms with E-state index in [1.54, 1.807) is 17.2 Å². The fourth-order valence-corrected chi connectivity index (χ4v) is 7.88. The Morgan fingerprint density at radius 1 is 1.02 bits per heavy atom. The van der Waals surface area contributed by atoms with Crippen molar-refractivity contribution in [1.29, 1.82) is 0 Å². The van der Waals surface area contributed by atoms with E-state index in [9.17, 15) is 9.90 Å². The number of nitrogens with zero attached hydrogens (tertiary/aromatic N) is 5. The summed E-state index contributed by atoms with van der Waals surface area (Å²) >= 11 is 0. The molecule has 4 aromatic rings. The summed E-state index contributed by atoms with van der Waals surface area (Å²) in [6, 6.07) is 14.3. The topological polar surface area (TPSA) is 97.8 Å². The third-order valence-corrected chi connectivity index (χ3v) is 10.2. The van der Waals surface area contributed by atoms with Crippen molar-refractivity contribution in [3.05, 3.63) is 60.0 Å². The van der Waals surface area contributed by atoms with E-state index >= 15 is 4.39 Å². The van der Waals surface area contributed by atoms with E-state index in [-0.39, 0.29) is 35.9 Å². The fourth-order valence-electron chi connectivity index (χ4n) is 7.88. The molecule has 2 aromatic carbocycles. The molecule has 2 aromatic heterocycles. The lowest BCUT2D eigenvalue weighted by molar-refractivity contribution is -0.0870. The predicted molar refractivity (Wildman–Crippen MR) is 166 cm³/mol. The number of pyridine rings is 1. The number of amides is 1. The highest BCUT2D eigenvalue weighted by atomic mass is 19.1. The van der Waals surface area contributed by atoms with Gasteiger partial charge in [-0.25, -0.2) is 4.39 Å². The van der Waals surface area contributed by atoms with Crippen molar-refractivity contribution >= 4 is 22.5 Å². The quantitative estimate of drug-likeness (QED) is 0.324. The van der Waals surface area contributed by atoms with E-state index in [2.05, 4.69) is 49.2 Å². The van der Waals surface area contributed by atoms with Crippen molar-refractivity contribution in [3.8, 4) is 28.3 Å². The van der Waals surface area contributed by atoms with E-state index in [0.717, 1.165) is 61.1 Å². The van der Waals surface area contributed by atoms with E-state index in [0.29, 0.717) is 24.2 Å². The summed E-state index contributed by atoms with van der Waals surface area (Å²) in [6.45, 7) is 3.61. The molecule has 44 heavy (non-hydrogen) atoms. The van der Waals surface area contributed by atoms with Crippen LogP contribution in [0.15, 0.2) is 48.7 Å². The minimum atomic E-state index is -0.882. The Labute approximate surface area is 255 Å². The number of carbonyl (C=O) groups is 1. The molecule has 3 saturated heterocycles. The number of hydrogen-bond donors (Lipinski definition) is 2. The number of hydrogen-bond acceptors (Lipinski definition) is 7. The van der Waals surface area contributed by atoms with Gasteiger partial charge in [0.05, 0.1) is 48.8 Å². The Balaban J connectivity index is 1.19. The summed E-state index contributed by atoms with van der Waals surface area (Å²) in [6.07, 6.45) is 7.85. The van der Waals surface area contributed by atoms with Crippen LogP contribution in [0.3, 0.4) is 0 Å². The maximum atomic E-state index is 15.8. The van der Waals surface area contributed by atoms with Gasteiger partial charge in [0.1, 0.15) is 17.3 Å². The van der Waals surface area contributed by atoms with Crippen LogP contribution in [0.25, 0.3) is 33.4 Å². The second kappa shape index (κ2) is 10.6. The molecule has 0 spiro atoms. The molecule has 3 fully saturated rings. The second-order valence-corrected chi connectivity index (χ2v) is 13.0. The van der Waals surface area contributed by atoms with Gasteiger partial charge in [-0.3, -0.25) is 19.8 Å². The van der Waals surface area contributed by atoms with Gasteiger partial charge in [-0.2, -0.15) is 5.10 Å². The number of benzene rings is 2. The van der Waals surface area contributed by atoms with Crippen molar-refractivity contribution in [3.63, 3.8) is 0 Å². The summed E-state index contributed by atoms with van der Waals surface area (Å²) in [4.78, 5) is 24.6. The van der Waals surface area contributed by atoms with Gasteiger partial charge in [-0.1, -0.05) is 25.0 Å². The molecule has 10 heteroatoms. The molecule has 9 aliphatic rings. The molecule has 228 valence electrons. The molecule has 9 aliphatic heterocycles. The van der Waals surface area contributed by atoms with Gasteiger partial charge in [0, 0.05) is 47.4 Å². The number of anilines is 1. The third kappa shape index (κ3) is 4.62. The lowest BCUT2D eigenvalue weighted by Crippen LogP contribution is -2.63. The molecule has 2 atom stereocenters. The highest BCUT2D eigenvalue weighted by molar-refractivity contribution is 5.98. The Bertz CT molecular complexity index is 1740. The van der Waals surface area contributed by atoms with Crippen LogP contribution in [0, 0.1) is 5.82 Å². The van der Waals surface area contributed by atoms with Crippen LogP contribution < -0.4 is 9.64 Å². The average molecular weight is 597 g/mol. The molecule has 11 heterocycles. The number of H-pyrrole nitrogens is 1. The molecule has 13 rings (SSSR count). The Kier molecular flexibility index (Phi) is 6.60. The van der Waals surface area contributed by atoms with Gasteiger partial charge in [0.25, 0.3) is 5.91 Å². The number of ether oxygens (including phenoxy) is 1. The second-order valence-electron chi connectivity index (χ2n) is 13.0. The molecule has 9 nitrogen and oxygen atoms in total. The number of rotatable bonds is 1. The summed E-state index contributed by atoms with van der Waals surface area (Å²) in [5.41, 5.74) is 3.59. The van der Waals surface area contributed by atoms with E-state index in [1.807, 2.05) is 6.07 Å². The van der Waals surface area contributed by atoms with Gasteiger partial charge >= 0.3 is 0 Å². The van der Waals surface area contributed by atoms with E-state index in [4.69, 9.17) is 4.74 Å². The highest BCUT2D eigenvalue weighted by Gasteiger charge is 2.44. The molecule has 12 bridgehead atoms. The van der Waals surface area contributed by atoms with Crippen LogP contribution in [0.2, 0.25) is 0 Å². The summed E-state index contributed by atoms with van der Waals surface area (Å²) in [7, 11) is 1.46. The monoisotopic (exact) mass is 596 g/mol. The number of aliphatic hydroxyl groups is 1. The number of aromatic nitrogens is 3. The molecule has 0 aliphatic carbocycles. The summed E-state index contributed by atoms with van der Waals surface area (Å²) < 4.78 is 21.4. The van der Waals surface area contributed by atoms with Gasteiger partial charge in [-0.05, 0) is 62.6 Å². The van der Waals surface area contributed by atoms with Gasteiger partial charge in [0.15, 0.2) is 0 Å². The molecular formula is C34H37FN6O3. The first-order valence-corrected chi connectivity index (χ1v) is 15.7. The maximum absolute atomic E-state index is 15.8. The number of halogens is 1. The smallest absolute Gasteiger partial charge is 0.254 e. The summed E-state index contributed by atoms with van der Waals surface area (Å²) in [5.74, 6) is -0.681. The largest absolute Gasteiger partial charge is 0.496 e. The van der Waals surface area contributed by atoms with Crippen molar-refractivity contribution < 1.29 is 19.0 Å². The van der Waals surface area contributed by atoms with Crippen molar-refractivity contribution in [1.82, 2.24) is 25.0 Å². The number of nitrogens with one attached hydrogen (secondary N) is 1. The molecule has 1 amide bonds. The lowest BCUT2D eigenvalue weighted by atomic mass is 9.87. The van der Waals surface area contributed by atoms with Crippen LogP contribution in [0.4, 0.5) is 10.1 Å². The maximum Gasteiger partial charge on any atom is 0.254 e. The molecule has 0 radical (unpaired) electrons. The zero-order chi connectivity index (χ0) is 30.0. The van der Waals surface area contributed by atoms with Gasteiger partial charge < -0.3 is 19.6 Å². The van der Waals surface area contributed by atoms with Crippen molar-refractivity contribution in [2.24, 2.45) is 0 Å². The number of piperazine rings is 1. The van der Waals surface area contributed by atoms with E-state index in [1.165, 1.54) is 31.7 Å². The third-order valence-electron chi connectivity index (χ3n) is 10.2. The van der Waals surface area contributed by atoms with Gasteiger partial charge in [-0.15, -0.1) is 0 Å². The minimum absolute atomic E-state index is 0.190. The predicted octanol–water partition coefficient (Wildman–Crippen LogP) is 4.85. The lowest BCUT2D eigenvalue weighted by Gasteiger charge is -2.46. The standard InChI is InChI=1S/C34H37FN6O3/c1-44-30-14-22-13-27(35)31(30)28-15-26-29(16-36-28)37-38-32(26)21-6-5-7-23(12-21)39-17-24-8-9-25(18-39)41(24)11-4-2-3-10-34(43)19-40(20-34)33(22)42/h5-7,12-16,24-25,43H,2-4,8-11,17-20H2,1H3,(H,37,38). The zero-order valence-corrected chi connectivity index (χ0v) is 24.9. The Morgan fingerprint density at radius 3 is 2.64 bits per heavy atom. The first-order valence-electron chi connectivity index (χ1n) is 15.7. The molecule has 2 unspecified atom stereocenters. The molecule has 2 N–H and O–H groups in total. The zero-order valence-electron chi connectivity index (χ0n) is 24.9. The number of aromatic amines is 1. The molecule has 0 saturated carbocycles. The normalized spacial score (nSPS) is 26.7. The van der Waals surface area contributed by atoms with Crippen LogP contribution in [0.5, 0.6) is 5.75 Å². The summed E-state index contributed by atoms with van der Waals surface area (Å²) in [5, 5.41) is 19.6. The van der Waals surface area contributed by atoms with Crippen LogP contribution in [0.1, 0.15) is 48.9 Å².